The van der Waals surface area contributed by atoms with E-state index in [1.165, 1.54) is 103 Å². The standard InChI is InChI=1S/C33H68S2.Sn.2H/c1-9-17-21-29(13-5)25-33(26-30(14-6)22-18-10-2)34-35(27-31(15-7)23-19-11-3)28-32(16-8)24-20-12-4;;;/h29-32H,9-28H2,1-8H3;;;/q+1;-1;;. The van der Waals surface area contributed by atoms with Crippen LogP contribution in [-0.4, -0.2) is 34.0 Å². The van der Waals surface area contributed by atoms with Crippen LogP contribution in [0, 0.1) is 23.7 Å². The molecule has 1 aliphatic rings. The van der Waals surface area contributed by atoms with Crippen molar-refractivity contribution < 1.29 is 0 Å². The first-order valence-electron chi connectivity index (χ1n) is 16.9. The monoisotopic (exact) mass is 650 g/mol. The van der Waals surface area contributed by atoms with Crippen molar-refractivity contribution in [3.8, 4) is 0 Å². The summed E-state index contributed by atoms with van der Waals surface area (Å²) in [7, 11) is 2.75. The molecule has 1 rings (SSSR count). The van der Waals surface area contributed by atoms with Gasteiger partial charge in [-0.1, -0.05) is 0 Å². The Morgan fingerprint density at radius 1 is 0.528 bits per heavy atom. The van der Waals surface area contributed by atoms with E-state index in [0.717, 1.165) is 26.4 Å². The summed E-state index contributed by atoms with van der Waals surface area (Å²) in [5.41, 5.74) is 0. The quantitative estimate of drug-likeness (QED) is 0.0741. The summed E-state index contributed by atoms with van der Waals surface area (Å²) in [6, 6.07) is 0. The summed E-state index contributed by atoms with van der Waals surface area (Å²) in [6.45, 7) is 19.7. The molecule has 0 aliphatic carbocycles. The molecule has 1 saturated heterocycles. The van der Waals surface area contributed by atoms with Crippen molar-refractivity contribution in [3.63, 3.8) is 0 Å². The van der Waals surface area contributed by atoms with Crippen molar-refractivity contribution in [2.24, 2.45) is 23.7 Å². The molecule has 4 unspecified atom stereocenters. The Morgan fingerprint density at radius 3 is 1.11 bits per heavy atom. The van der Waals surface area contributed by atoms with E-state index >= 15 is 0 Å². The van der Waals surface area contributed by atoms with Gasteiger partial charge in [-0.15, -0.1) is 0 Å². The second kappa shape index (κ2) is 20.4. The van der Waals surface area contributed by atoms with E-state index in [1.807, 2.05) is 0 Å². The predicted octanol–water partition coefficient (Wildman–Crippen LogP) is 11.9. The molecule has 218 valence electrons. The number of hydrogen-bond donors (Lipinski definition) is 0. The van der Waals surface area contributed by atoms with Gasteiger partial charge in [0.25, 0.3) is 0 Å². The molecule has 0 aromatic carbocycles. The molecular weight excluding hydrogens is 579 g/mol. The SMILES string of the molecule is CCCCC(CC)C[C]1(CC(CC)CCCC)S[S](CC(CC)CCCC)(CC(CC)CCCC)[SnH2]1. The molecule has 4 atom stereocenters. The third kappa shape index (κ3) is 12.8. The molecule has 36 heavy (non-hydrogen) atoms. The molecule has 3 heteroatoms. The van der Waals surface area contributed by atoms with E-state index < -0.39 is 19.8 Å². The third-order valence-corrected chi connectivity index (χ3v) is 42.1. The van der Waals surface area contributed by atoms with Gasteiger partial charge in [0.2, 0.25) is 0 Å². The Bertz CT molecular complexity index is 432. The summed E-state index contributed by atoms with van der Waals surface area (Å²) < 4.78 is 0.825. The third-order valence-electron chi connectivity index (χ3n) is 9.45. The van der Waals surface area contributed by atoms with E-state index in [9.17, 15) is 0 Å². The van der Waals surface area contributed by atoms with Crippen LogP contribution in [0.2, 0.25) is 0 Å². The normalized spacial score (nSPS) is 27.8. The molecule has 1 aliphatic heterocycles. The second-order valence-corrected chi connectivity index (χ2v) is 40.2. The van der Waals surface area contributed by atoms with Crippen molar-refractivity contribution in [2.75, 3.05) is 11.5 Å². The van der Waals surface area contributed by atoms with Gasteiger partial charge < -0.3 is 0 Å². The van der Waals surface area contributed by atoms with E-state index in [2.05, 4.69) is 66.2 Å². The zero-order valence-electron chi connectivity index (χ0n) is 26.5. The van der Waals surface area contributed by atoms with Crippen LogP contribution in [0.5, 0.6) is 0 Å². The minimum atomic E-state index is -0.887. The Balaban J connectivity index is 3.18. The Hall–Kier alpha value is 1.50. The van der Waals surface area contributed by atoms with Crippen LogP contribution >= 0.6 is 17.0 Å². The molecule has 0 bridgehead atoms. The van der Waals surface area contributed by atoms with Crippen LogP contribution in [0.1, 0.15) is 171 Å². The van der Waals surface area contributed by atoms with Crippen LogP contribution in [-0.2, 0) is 0 Å². The van der Waals surface area contributed by atoms with Crippen molar-refractivity contribution in [2.45, 2.75) is 174 Å². The first-order valence-corrected chi connectivity index (χ1v) is 27.3. The van der Waals surface area contributed by atoms with E-state index in [0.29, 0.717) is 0 Å². The topological polar surface area (TPSA) is 0 Å². The van der Waals surface area contributed by atoms with Crippen molar-refractivity contribution >= 4 is 36.8 Å². The zero-order valence-corrected chi connectivity index (χ0v) is 32.1. The van der Waals surface area contributed by atoms with Crippen LogP contribution < -0.4 is 0 Å². The van der Waals surface area contributed by atoms with Crippen LogP contribution in [0.15, 0.2) is 0 Å². The van der Waals surface area contributed by atoms with Gasteiger partial charge >= 0.3 is 246 Å². The Morgan fingerprint density at radius 2 is 0.833 bits per heavy atom. The van der Waals surface area contributed by atoms with Gasteiger partial charge in [0.05, 0.1) is 0 Å². The van der Waals surface area contributed by atoms with Gasteiger partial charge in [0, 0.05) is 0 Å². The average Bonchev–Trinajstić information content (AvgIpc) is 2.87. The van der Waals surface area contributed by atoms with Gasteiger partial charge in [0.15, 0.2) is 0 Å². The molecular formula is C33H70S2Sn. The fraction of sp³-hybridized carbons (Fsp3) is 1.00. The number of unbranched alkanes of at least 4 members (excludes halogenated alkanes) is 4. The predicted molar refractivity (Wildman–Crippen MR) is 179 cm³/mol. The Labute approximate surface area is 244 Å². The minimum absolute atomic E-state index is 0.309. The van der Waals surface area contributed by atoms with Crippen LogP contribution in [0.3, 0.4) is 0 Å². The molecule has 0 spiro atoms. The molecule has 0 N–H and O–H groups in total. The van der Waals surface area contributed by atoms with Gasteiger partial charge in [-0.3, -0.25) is 0 Å². The molecule has 0 radical (unpaired) electrons. The van der Waals surface area contributed by atoms with E-state index in [4.69, 9.17) is 0 Å². The summed E-state index contributed by atoms with van der Waals surface area (Å²) in [4.78, 5) is 0. The van der Waals surface area contributed by atoms with E-state index in [1.54, 1.807) is 24.3 Å². The number of rotatable bonds is 24. The van der Waals surface area contributed by atoms with Crippen molar-refractivity contribution in [3.05, 3.63) is 0 Å². The molecule has 0 aromatic heterocycles. The Kier molecular flexibility index (Phi) is 20.1. The van der Waals surface area contributed by atoms with Gasteiger partial charge in [-0.2, -0.15) is 0 Å². The zero-order chi connectivity index (χ0) is 26.9. The van der Waals surface area contributed by atoms with Gasteiger partial charge in [-0.05, 0) is 0 Å². The maximum atomic E-state index is 2.75. The number of hydrogen-bond acceptors (Lipinski definition) is 1. The molecule has 0 nitrogen and oxygen atoms in total. The maximum absolute atomic E-state index is 2.75. The summed E-state index contributed by atoms with van der Waals surface area (Å²) >= 11 is -0.887. The van der Waals surface area contributed by atoms with E-state index in [-0.39, 0.29) is 6.24 Å². The molecule has 0 amide bonds. The van der Waals surface area contributed by atoms with Crippen LogP contribution in [0.4, 0.5) is 0 Å². The van der Waals surface area contributed by atoms with Crippen molar-refractivity contribution in [1.82, 2.24) is 0 Å². The first kappa shape index (κ1) is 35.5. The molecule has 0 saturated carbocycles. The summed E-state index contributed by atoms with van der Waals surface area (Å²) in [5, 5.41) is 0. The summed E-state index contributed by atoms with van der Waals surface area (Å²) in [6.07, 6.45) is 26.2. The molecule has 1 fully saturated rings. The van der Waals surface area contributed by atoms with Crippen molar-refractivity contribution in [1.29, 1.82) is 0 Å². The second-order valence-electron chi connectivity index (χ2n) is 12.8. The first-order chi connectivity index (χ1) is 17.4. The fourth-order valence-electron chi connectivity index (χ4n) is 6.96. The molecule has 1 heterocycles. The summed E-state index contributed by atoms with van der Waals surface area (Å²) in [5.74, 6) is 7.47. The van der Waals surface area contributed by atoms with Gasteiger partial charge in [-0.25, -0.2) is 0 Å². The fourth-order valence-corrected chi connectivity index (χ4v) is 55.0. The molecule has 0 aromatic rings. The van der Waals surface area contributed by atoms with Gasteiger partial charge in [0.1, 0.15) is 0 Å². The average molecular weight is 650 g/mol. The van der Waals surface area contributed by atoms with Crippen LogP contribution in [0.25, 0.3) is 0 Å².